The lowest BCUT2D eigenvalue weighted by molar-refractivity contribution is -0.132. The highest BCUT2D eigenvalue weighted by Crippen LogP contribution is 2.39. The number of aryl methyl sites for hydroxylation is 1. The molecule has 0 aliphatic heterocycles. The molecule has 2 aromatic carbocycles. The number of rotatable bonds is 4. The van der Waals surface area contributed by atoms with Crippen LogP contribution in [-0.2, 0) is 19.6 Å². The van der Waals surface area contributed by atoms with Gasteiger partial charge in [-0.3, -0.25) is 9.59 Å². The van der Waals surface area contributed by atoms with Crippen molar-refractivity contribution in [2.24, 2.45) is 0 Å². The SMILES string of the molecule is CC(=O)Oc1c(Br)cc(N(C(C)=O)S(=O)(=O)c2ccc(C)cc2)cc1Br. The van der Waals surface area contributed by atoms with Gasteiger partial charge in [-0.25, -0.2) is 12.7 Å². The first-order valence-electron chi connectivity index (χ1n) is 7.34. The Morgan fingerprint density at radius 3 is 1.92 bits per heavy atom. The Bertz CT molecular complexity index is 948. The lowest BCUT2D eigenvalue weighted by Gasteiger charge is -2.22. The third-order valence-corrected chi connectivity index (χ3v) is 6.30. The molecule has 2 aromatic rings. The molecule has 1 amide bonds. The van der Waals surface area contributed by atoms with Crippen LogP contribution in [0.1, 0.15) is 19.4 Å². The molecule has 2 rings (SSSR count). The van der Waals surface area contributed by atoms with Gasteiger partial charge in [0, 0.05) is 13.8 Å². The first-order chi connectivity index (χ1) is 12.0. The fourth-order valence-corrected chi connectivity index (χ4v) is 4.95. The number of carbonyl (C=O) groups excluding carboxylic acids is 2. The molecule has 138 valence electrons. The molecular formula is C17H15Br2NO5S. The standard InChI is InChI=1S/C17H15Br2NO5S/c1-10-4-6-14(7-5-10)26(23,24)20(11(2)21)13-8-15(18)17(16(19)9-13)25-12(3)22/h4-9H,1-3H3. The normalized spacial score (nSPS) is 11.1. The van der Waals surface area contributed by atoms with Crippen molar-refractivity contribution in [2.75, 3.05) is 4.31 Å². The number of hydrogen-bond donors (Lipinski definition) is 0. The predicted octanol–water partition coefficient (Wildman–Crippen LogP) is 4.19. The molecule has 0 saturated carbocycles. The molecule has 0 unspecified atom stereocenters. The summed E-state index contributed by atoms with van der Waals surface area (Å²) in [7, 11) is -4.11. The molecule has 0 aliphatic carbocycles. The number of benzene rings is 2. The van der Waals surface area contributed by atoms with Crippen LogP contribution in [0.4, 0.5) is 5.69 Å². The van der Waals surface area contributed by atoms with E-state index >= 15 is 0 Å². The first kappa shape index (κ1) is 20.6. The fraction of sp³-hybridized carbons (Fsp3) is 0.176. The maximum Gasteiger partial charge on any atom is 0.308 e. The average molecular weight is 505 g/mol. The molecule has 0 N–H and O–H groups in total. The third-order valence-electron chi connectivity index (χ3n) is 3.31. The summed E-state index contributed by atoms with van der Waals surface area (Å²) >= 11 is 6.47. The molecule has 26 heavy (non-hydrogen) atoms. The number of carbonyl (C=O) groups is 2. The van der Waals surface area contributed by atoms with Crippen molar-refractivity contribution in [1.82, 2.24) is 0 Å². The van der Waals surface area contributed by atoms with Crippen molar-refractivity contribution >= 4 is 59.4 Å². The molecule has 0 heterocycles. The minimum Gasteiger partial charge on any atom is -0.424 e. The molecule has 0 atom stereocenters. The lowest BCUT2D eigenvalue weighted by atomic mass is 10.2. The number of ether oxygens (including phenoxy) is 1. The number of hydrogen-bond acceptors (Lipinski definition) is 5. The van der Waals surface area contributed by atoms with Gasteiger partial charge in [-0.1, -0.05) is 17.7 Å². The van der Waals surface area contributed by atoms with E-state index in [0.717, 1.165) is 12.5 Å². The van der Waals surface area contributed by atoms with Crippen LogP contribution < -0.4 is 9.04 Å². The lowest BCUT2D eigenvalue weighted by Crippen LogP contribution is -2.35. The van der Waals surface area contributed by atoms with E-state index in [0.29, 0.717) is 13.3 Å². The highest BCUT2D eigenvalue weighted by Gasteiger charge is 2.30. The summed E-state index contributed by atoms with van der Waals surface area (Å²) in [4.78, 5) is 23.3. The van der Waals surface area contributed by atoms with Crippen molar-refractivity contribution in [3.8, 4) is 5.75 Å². The van der Waals surface area contributed by atoms with Crippen molar-refractivity contribution in [1.29, 1.82) is 0 Å². The van der Waals surface area contributed by atoms with E-state index in [2.05, 4.69) is 31.9 Å². The maximum absolute atomic E-state index is 13.0. The van der Waals surface area contributed by atoms with Gasteiger partial charge in [0.2, 0.25) is 5.91 Å². The Morgan fingerprint density at radius 1 is 1.00 bits per heavy atom. The van der Waals surface area contributed by atoms with E-state index in [1.807, 2.05) is 6.92 Å². The number of anilines is 1. The topological polar surface area (TPSA) is 80.8 Å². The van der Waals surface area contributed by atoms with E-state index in [-0.39, 0.29) is 16.3 Å². The summed E-state index contributed by atoms with van der Waals surface area (Å²) in [5.41, 5.74) is 1.00. The van der Waals surface area contributed by atoms with E-state index in [4.69, 9.17) is 4.74 Å². The van der Waals surface area contributed by atoms with E-state index in [9.17, 15) is 18.0 Å². The van der Waals surface area contributed by atoms with Gasteiger partial charge in [0.05, 0.1) is 19.5 Å². The van der Waals surface area contributed by atoms with Crippen molar-refractivity contribution in [2.45, 2.75) is 25.7 Å². The zero-order chi connectivity index (χ0) is 19.6. The number of esters is 1. The molecule has 0 aromatic heterocycles. The molecule has 0 radical (unpaired) electrons. The second kappa shape index (κ2) is 7.89. The molecule has 0 spiro atoms. The zero-order valence-corrected chi connectivity index (χ0v) is 18.1. The van der Waals surface area contributed by atoms with Gasteiger partial charge < -0.3 is 4.74 Å². The highest BCUT2D eigenvalue weighted by molar-refractivity contribution is 9.11. The third kappa shape index (κ3) is 4.33. The Morgan fingerprint density at radius 2 is 1.50 bits per heavy atom. The Kier molecular flexibility index (Phi) is 6.25. The molecular weight excluding hydrogens is 490 g/mol. The molecule has 0 saturated heterocycles. The minimum atomic E-state index is -4.11. The van der Waals surface area contributed by atoms with Crippen molar-refractivity contribution in [3.05, 3.63) is 50.9 Å². The maximum atomic E-state index is 13.0. The molecule has 0 aliphatic rings. The van der Waals surface area contributed by atoms with Crippen LogP contribution >= 0.6 is 31.9 Å². The Labute approximate surface area is 168 Å². The molecule has 0 fully saturated rings. The van der Waals surface area contributed by atoms with Crippen LogP contribution in [0.5, 0.6) is 5.75 Å². The summed E-state index contributed by atoms with van der Waals surface area (Å²) in [5.74, 6) is -1.02. The Balaban J connectivity index is 2.59. The monoisotopic (exact) mass is 503 g/mol. The van der Waals surface area contributed by atoms with E-state index in [1.165, 1.54) is 31.2 Å². The van der Waals surface area contributed by atoms with Crippen LogP contribution in [0.25, 0.3) is 0 Å². The second-order valence-electron chi connectivity index (χ2n) is 5.43. The molecule has 0 bridgehead atoms. The van der Waals surface area contributed by atoms with Crippen LogP contribution in [-0.4, -0.2) is 20.3 Å². The van der Waals surface area contributed by atoms with Gasteiger partial charge in [-0.2, -0.15) is 0 Å². The Hall–Kier alpha value is -1.71. The number of halogens is 2. The summed E-state index contributed by atoms with van der Waals surface area (Å²) in [6.07, 6.45) is 0. The van der Waals surface area contributed by atoms with Crippen LogP contribution in [0, 0.1) is 6.92 Å². The molecule has 6 nitrogen and oxygen atoms in total. The van der Waals surface area contributed by atoms with Gasteiger partial charge >= 0.3 is 5.97 Å². The van der Waals surface area contributed by atoms with Crippen molar-refractivity contribution in [3.63, 3.8) is 0 Å². The smallest absolute Gasteiger partial charge is 0.308 e. The van der Waals surface area contributed by atoms with Crippen LogP contribution in [0.2, 0.25) is 0 Å². The number of amides is 1. The fourth-order valence-electron chi connectivity index (χ4n) is 2.21. The van der Waals surface area contributed by atoms with E-state index in [1.54, 1.807) is 12.1 Å². The minimum absolute atomic E-state index is 0.00499. The van der Waals surface area contributed by atoms with Gasteiger partial charge in [0.25, 0.3) is 10.0 Å². The summed E-state index contributed by atoms with van der Waals surface area (Å²) < 4.78 is 32.3. The van der Waals surface area contributed by atoms with E-state index < -0.39 is 21.9 Å². The van der Waals surface area contributed by atoms with Crippen molar-refractivity contribution < 1.29 is 22.7 Å². The van der Waals surface area contributed by atoms with Gasteiger partial charge in [-0.05, 0) is 63.0 Å². The van der Waals surface area contributed by atoms with Gasteiger partial charge in [-0.15, -0.1) is 0 Å². The largest absolute Gasteiger partial charge is 0.424 e. The van der Waals surface area contributed by atoms with Crippen LogP contribution in [0.15, 0.2) is 50.2 Å². The quantitative estimate of drug-likeness (QED) is 0.460. The number of sulfonamides is 1. The zero-order valence-electron chi connectivity index (χ0n) is 14.1. The summed E-state index contributed by atoms with van der Waals surface area (Å²) in [6, 6.07) is 8.99. The highest BCUT2D eigenvalue weighted by atomic mass is 79.9. The number of nitrogens with zero attached hydrogens (tertiary/aromatic N) is 1. The van der Waals surface area contributed by atoms with Crippen LogP contribution in [0.3, 0.4) is 0 Å². The second-order valence-corrected chi connectivity index (χ2v) is 8.93. The average Bonchev–Trinajstić information content (AvgIpc) is 2.50. The first-order valence-corrected chi connectivity index (χ1v) is 10.4. The van der Waals surface area contributed by atoms with Gasteiger partial charge in [0.15, 0.2) is 5.75 Å². The molecule has 9 heteroatoms. The predicted molar refractivity (Wildman–Crippen MR) is 105 cm³/mol. The summed E-state index contributed by atoms with van der Waals surface area (Å²) in [5, 5.41) is 0. The summed E-state index contributed by atoms with van der Waals surface area (Å²) in [6.45, 7) is 4.24. The van der Waals surface area contributed by atoms with Gasteiger partial charge in [0.1, 0.15) is 0 Å².